The summed E-state index contributed by atoms with van der Waals surface area (Å²) in [5.41, 5.74) is 0. The van der Waals surface area contributed by atoms with E-state index in [0.29, 0.717) is 12.1 Å². The maximum Gasteiger partial charge on any atom is 0.204 e. The lowest BCUT2D eigenvalue weighted by molar-refractivity contribution is 0.382. The maximum absolute atomic E-state index is 13.8. The van der Waals surface area contributed by atoms with Crippen LogP contribution in [0.25, 0.3) is 21.5 Å². The molecule has 0 saturated heterocycles. The van der Waals surface area contributed by atoms with E-state index < -0.39 is 67.9 Å². The van der Waals surface area contributed by atoms with Crippen LogP contribution in [-0.4, -0.2) is 10.2 Å². The molecule has 0 unspecified atom stereocenters. The van der Waals surface area contributed by atoms with Crippen LogP contribution in [0.2, 0.25) is 0 Å². The molecular weight excluding hydrogens is 314 g/mol. The van der Waals surface area contributed by atoms with Crippen LogP contribution in [0.3, 0.4) is 0 Å². The molecule has 3 rings (SSSR count). The van der Waals surface area contributed by atoms with Crippen molar-refractivity contribution >= 4 is 21.5 Å². The van der Waals surface area contributed by atoms with Crippen LogP contribution in [0, 0.1) is 34.9 Å². The van der Waals surface area contributed by atoms with Crippen molar-refractivity contribution in [1.82, 2.24) is 0 Å². The molecule has 0 saturated carbocycles. The summed E-state index contributed by atoms with van der Waals surface area (Å²) in [5, 5.41) is 15.6. The van der Waals surface area contributed by atoms with Crippen molar-refractivity contribution in [2.75, 3.05) is 0 Å². The molecule has 0 aliphatic rings. The number of fused-ring (bicyclic) bond motifs is 2. The molecule has 0 fully saturated rings. The molecule has 0 aliphatic carbocycles. The molecule has 0 aromatic heterocycles. The van der Waals surface area contributed by atoms with Crippen LogP contribution in [0.15, 0.2) is 12.1 Å². The SMILES string of the molecule is Oc1c(F)c(F)c2cc3c(O)c(F)c(F)c(F)c3cc2c1F. The number of halogens is 6. The number of benzene rings is 3. The smallest absolute Gasteiger partial charge is 0.204 e. The molecule has 2 N–H and O–H groups in total. The van der Waals surface area contributed by atoms with Gasteiger partial charge in [0.25, 0.3) is 0 Å². The van der Waals surface area contributed by atoms with Crippen molar-refractivity contribution in [3.05, 3.63) is 47.0 Å². The van der Waals surface area contributed by atoms with Crippen LogP contribution >= 0.6 is 0 Å². The average Bonchev–Trinajstić information content (AvgIpc) is 2.52. The Hall–Kier alpha value is -2.64. The molecule has 0 atom stereocenters. The van der Waals surface area contributed by atoms with E-state index in [1.807, 2.05) is 0 Å². The monoisotopic (exact) mass is 318 g/mol. The summed E-state index contributed by atoms with van der Waals surface area (Å²) in [5.74, 6) is -13.8. The normalized spacial score (nSPS) is 11.5. The third-order valence-corrected chi connectivity index (χ3v) is 3.32. The van der Waals surface area contributed by atoms with E-state index in [2.05, 4.69) is 0 Å². The lowest BCUT2D eigenvalue weighted by Crippen LogP contribution is -1.97. The molecule has 22 heavy (non-hydrogen) atoms. The van der Waals surface area contributed by atoms with Gasteiger partial charge < -0.3 is 10.2 Å². The van der Waals surface area contributed by atoms with Crippen LogP contribution < -0.4 is 0 Å². The van der Waals surface area contributed by atoms with Gasteiger partial charge in [-0.15, -0.1) is 0 Å². The minimum atomic E-state index is -2.00. The van der Waals surface area contributed by atoms with Crippen LogP contribution in [0.4, 0.5) is 26.3 Å². The predicted molar refractivity (Wildman–Crippen MR) is 64.5 cm³/mol. The van der Waals surface area contributed by atoms with E-state index in [9.17, 15) is 31.4 Å². The Morgan fingerprint density at radius 2 is 0.864 bits per heavy atom. The number of hydrogen-bond acceptors (Lipinski definition) is 2. The van der Waals surface area contributed by atoms with Gasteiger partial charge in [0.2, 0.25) is 11.6 Å². The zero-order valence-electron chi connectivity index (χ0n) is 10.3. The van der Waals surface area contributed by atoms with Gasteiger partial charge in [0.05, 0.1) is 0 Å². The highest BCUT2D eigenvalue weighted by molar-refractivity contribution is 6.02. The molecular formula is C14H4F6O2. The summed E-state index contributed by atoms with van der Waals surface area (Å²) in [7, 11) is 0. The summed E-state index contributed by atoms with van der Waals surface area (Å²) >= 11 is 0. The number of aromatic hydroxyl groups is 2. The zero-order chi connectivity index (χ0) is 16.3. The Kier molecular flexibility index (Phi) is 2.88. The highest BCUT2D eigenvalue weighted by Gasteiger charge is 2.24. The highest BCUT2D eigenvalue weighted by atomic mass is 19.2. The average molecular weight is 318 g/mol. The van der Waals surface area contributed by atoms with E-state index in [4.69, 9.17) is 5.11 Å². The second-order valence-corrected chi connectivity index (χ2v) is 4.52. The molecule has 2 nitrogen and oxygen atoms in total. The van der Waals surface area contributed by atoms with E-state index in [0.717, 1.165) is 0 Å². The van der Waals surface area contributed by atoms with Crippen molar-refractivity contribution in [1.29, 1.82) is 0 Å². The van der Waals surface area contributed by atoms with Crippen LogP contribution in [-0.2, 0) is 0 Å². The summed E-state index contributed by atoms with van der Waals surface area (Å²) in [6, 6.07) is 1.10. The predicted octanol–water partition coefficient (Wildman–Crippen LogP) is 4.24. The van der Waals surface area contributed by atoms with Crippen LogP contribution in [0.1, 0.15) is 0 Å². The lowest BCUT2D eigenvalue weighted by Gasteiger charge is -2.10. The fraction of sp³-hybridized carbons (Fsp3) is 0. The van der Waals surface area contributed by atoms with Gasteiger partial charge in [0, 0.05) is 21.5 Å². The third-order valence-electron chi connectivity index (χ3n) is 3.32. The van der Waals surface area contributed by atoms with Gasteiger partial charge in [-0.25, -0.2) is 17.6 Å². The quantitative estimate of drug-likeness (QED) is 0.282. The van der Waals surface area contributed by atoms with Crippen molar-refractivity contribution in [2.45, 2.75) is 0 Å². The maximum atomic E-state index is 13.8. The number of phenols is 2. The Morgan fingerprint density at radius 1 is 0.455 bits per heavy atom. The molecule has 0 amide bonds. The Morgan fingerprint density at radius 3 is 1.50 bits per heavy atom. The van der Waals surface area contributed by atoms with Crippen molar-refractivity contribution in [3.63, 3.8) is 0 Å². The summed E-state index contributed by atoms with van der Waals surface area (Å²) in [6.07, 6.45) is 0. The second kappa shape index (κ2) is 4.43. The van der Waals surface area contributed by atoms with Crippen molar-refractivity contribution in [3.8, 4) is 11.5 Å². The first-order valence-corrected chi connectivity index (χ1v) is 5.74. The summed E-state index contributed by atoms with van der Waals surface area (Å²) in [4.78, 5) is 0. The zero-order valence-corrected chi connectivity index (χ0v) is 10.3. The molecule has 0 radical (unpaired) electrons. The molecule has 114 valence electrons. The van der Waals surface area contributed by atoms with Gasteiger partial charge in [-0.05, 0) is 12.1 Å². The van der Waals surface area contributed by atoms with Gasteiger partial charge in [-0.1, -0.05) is 0 Å². The van der Waals surface area contributed by atoms with Crippen molar-refractivity contribution < 1.29 is 36.6 Å². The number of phenolic OH excluding ortho intramolecular Hbond substituents is 2. The van der Waals surface area contributed by atoms with Gasteiger partial charge >= 0.3 is 0 Å². The Balaban J connectivity index is 2.64. The fourth-order valence-electron chi connectivity index (χ4n) is 2.22. The van der Waals surface area contributed by atoms with E-state index in [-0.39, 0.29) is 0 Å². The highest BCUT2D eigenvalue weighted by Crippen LogP contribution is 2.39. The first-order chi connectivity index (χ1) is 10.3. The summed E-state index contributed by atoms with van der Waals surface area (Å²) in [6.45, 7) is 0. The van der Waals surface area contributed by atoms with Gasteiger partial charge in [0.15, 0.2) is 34.8 Å². The topological polar surface area (TPSA) is 40.5 Å². The van der Waals surface area contributed by atoms with Gasteiger partial charge in [-0.2, -0.15) is 8.78 Å². The largest absolute Gasteiger partial charge is 0.504 e. The number of hydrogen-bond donors (Lipinski definition) is 2. The molecule has 0 bridgehead atoms. The van der Waals surface area contributed by atoms with E-state index in [1.54, 1.807) is 0 Å². The van der Waals surface area contributed by atoms with Crippen LogP contribution in [0.5, 0.6) is 11.5 Å². The third kappa shape index (κ3) is 1.63. The standard InChI is InChI=1S/C14H4F6O2/c15-7-5-1-4-3(8(16)11(19)14(22)9(4)17)2-6(5)13(21)12(20)10(7)18/h1-2,21-22H. The fourth-order valence-corrected chi connectivity index (χ4v) is 2.22. The molecule has 3 aromatic carbocycles. The molecule has 0 spiro atoms. The second-order valence-electron chi connectivity index (χ2n) is 4.52. The van der Waals surface area contributed by atoms with Crippen molar-refractivity contribution in [2.24, 2.45) is 0 Å². The van der Waals surface area contributed by atoms with Gasteiger partial charge in [-0.3, -0.25) is 0 Å². The first-order valence-electron chi connectivity index (χ1n) is 5.74. The Bertz CT molecular complexity index is 815. The lowest BCUT2D eigenvalue weighted by atomic mass is 10.0. The minimum absolute atomic E-state index is 0.541. The summed E-state index contributed by atoms with van der Waals surface area (Å²) < 4.78 is 81.1. The van der Waals surface area contributed by atoms with E-state index >= 15 is 0 Å². The van der Waals surface area contributed by atoms with E-state index in [1.165, 1.54) is 0 Å². The Labute approximate surface area is 117 Å². The minimum Gasteiger partial charge on any atom is -0.504 e. The first kappa shape index (κ1) is 14.3. The number of rotatable bonds is 0. The molecule has 0 heterocycles. The molecule has 3 aromatic rings. The molecule has 8 heteroatoms. The molecule has 0 aliphatic heterocycles. The van der Waals surface area contributed by atoms with Gasteiger partial charge in [0.1, 0.15) is 0 Å².